The maximum Gasteiger partial charge on any atom is 0.132 e. The molecule has 0 aliphatic carbocycles. The van der Waals surface area contributed by atoms with Gasteiger partial charge in [-0.3, -0.25) is 0 Å². The second-order valence-electron chi connectivity index (χ2n) is 4.05. The van der Waals surface area contributed by atoms with E-state index < -0.39 is 0 Å². The Morgan fingerprint density at radius 2 is 2.20 bits per heavy atom. The van der Waals surface area contributed by atoms with Crippen molar-refractivity contribution in [2.45, 2.75) is 19.8 Å². The van der Waals surface area contributed by atoms with Crippen molar-refractivity contribution in [3.05, 3.63) is 18.1 Å². The number of hydrogen-bond acceptors (Lipinski definition) is 3. The molecule has 0 saturated carbocycles. The quantitative estimate of drug-likeness (QED) is 0.723. The summed E-state index contributed by atoms with van der Waals surface area (Å²) in [5.74, 6) is 3.37. The molecule has 1 aliphatic rings. The van der Waals surface area contributed by atoms with Crippen LogP contribution in [0, 0.1) is 12.8 Å². The average Bonchev–Trinajstić information content (AvgIpc) is 2.29. The first kappa shape index (κ1) is 10.7. The predicted octanol–water partition coefficient (Wildman–Crippen LogP) is 2.24. The van der Waals surface area contributed by atoms with E-state index in [9.17, 15) is 0 Å². The first-order valence-corrected chi connectivity index (χ1v) is 5.93. The highest BCUT2D eigenvalue weighted by Crippen LogP contribution is 2.22. The Kier molecular flexibility index (Phi) is 3.41. The highest BCUT2D eigenvalue weighted by molar-refractivity contribution is 6.18. The molecule has 1 aliphatic heterocycles. The number of alkyl halides is 1. The minimum atomic E-state index is 0.686. The average molecular weight is 226 g/mol. The summed E-state index contributed by atoms with van der Waals surface area (Å²) in [6.07, 6.45) is 4.17. The standard InChI is InChI=1S/C11H16ClN3/c1-9-13-5-2-11(14-9)15-6-3-10(8-12)4-7-15/h2,5,10H,3-4,6-8H2,1H3. The molecule has 0 bridgehead atoms. The maximum atomic E-state index is 5.86. The van der Waals surface area contributed by atoms with Crippen molar-refractivity contribution in [1.29, 1.82) is 0 Å². The van der Waals surface area contributed by atoms with Gasteiger partial charge in [-0.1, -0.05) is 0 Å². The van der Waals surface area contributed by atoms with Crippen LogP contribution in [-0.4, -0.2) is 28.9 Å². The third kappa shape index (κ3) is 2.59. The lowest BCUT2D eigenvalue weighted by atomic mass is 9.99. The molecule has 2 heterocycles. The van der Waals surface area contributed by atoms with Gasteiger partial charge in [-0.15, -0.1) is 11.6 Å². The van der Waals surface area contributed by atoms with E-state index in [-0.39, 0.29) is 0 Å². The Morgan fingerprint density at radius 1 is 1.47 bits per heavy atom. The number of halogens is 1. The molecule has 0 N–H and O–H groups in total. The minimum absolute atomic E-state index is 0.686. The fourth-order valence-corrected chi connectivity index (χ4v) is 2.24. The summed E-state index contributed by atoms with van der Waals surface area (Å²) in [5, 5.41) is 0. The molecule has 0 spiro atoms. The molecule has 2 rings (SSSR count). The van der Waals surface area contributed by atoms with Gasteiger partial charge >= 0.3 is 0 Å². The Balaban J connectivity index is 2.01. The molecule has 1 fully saturated rings. The number of nitrogens with zero attached hydrogens (tertiary/aromatic N) is 3. The van der Waals surface area contributed by atoms with Gasteiger partial charge in [0.15, 0.2) is 0 Å². The van der Waals surface area contributed by atoms with Crippen LogP contribution in [0.4, 0.5) is 5.82 Å². The highest BCUT2D eigenvalue weighted by Gasteiger charge is 2.19. The van der Waals surface area contributed by atoms with Crippen LogP contribution in [0.5, 0.6) is 0 Å². The molecule has 0 radical (unpaired) electrons. The van der Waals surface area contributed by atoms with Crippen LogP contribution in [0.15, 0.2) is 12.3 Å². The summed E-state index contributed by atoms with van der Waals surface area (Å²) >= 11 is 5.86. The normalized spacial score (nSPS) is 18.1. The third-order valence-corrected chi connectivity index (χ3v) is 3.35. The first-order valence-electron chi connectivity index (χ1n) is 5.40. The third-order valence-electron chi connectivity index (χ3n) is 2.92. The summed E-state index contributed by atoms with van der Waals surface area (Å²) < 4.78 is 0. The van der Waals surface area contributed by atoms with Gasteiger partial charge in [0.2, 0.25) is 0 Å². The van der Waals surface area contributed by atoms with Crippen molar-refractivity contribution in [2.24, 2.45) is 5.92 Å². The van der Waals surface area contributed by atoms with E-state index in [1.807, 2.05) is 19.2 Å². The van der Waals surface area contributed by atoms with Crippen molar-refractivity contribution in [1.82, 2.24) is 9.97 Å². The minimum Gasteiger partial charge on any atom is -0.356 e. The Hall–Kier alpha value is -0.830. The number of hydrogen-bond donors (Lipinski definition) is 0. The van der Waals surface area contributed by atoms with Gasteiger partial charge < -0.3 is 4.90 Å². The summed E-state index contributed by atoms with van der Waals surface area (Å²) in [6, 6.07) is 1.98. The number of aromatic nitrogens is 2. The number of aryl methyl sites for hydroxylation is 1. The van der Waals surface area contributed by atoms with Crippen LogP contribution in [0.25, 0.3) is 0 Å². The van der Waals surface area contributed by atoms with E-state index in [4.69, 9.17) is 11.6 Å². The molecule has 1 saturated heterocycles. The lowest BCUT2D eigenvalue weighted by Gasteiger charge is -2.31. The van der Waals surface area contributed by atoms with Crippen LogP contribution in [0.2, 0.25) is 0 Å². The number of piperidine rings is 1. The molecule has 1 aromatic heterocycles. The lowest BCUT2D eigenvalue weighted by Crippen LogP contribution is -2.34. The first-order chi connectivity index (χ1) is 7.29. The van der Waals surface area contributed by atoms with E-state index >= 15 is 0 Å². The zero-order chi connectivity index (χ0) is 10.7. The van der Waals surface area contributed by atoms with Crippen LogP contribution in [-0.2, 0) is 0 Å². The smallest absolute Gasteiger partial charge is 0.132 e. The van der Waals surface area contributed by atoms with Gasteiger partial charge in [0.05, 0.1) is 0 Å². The fraction of sp³-hybridized carbons (Fsp3) is 0.636. The van der Waals surface area contributed by atoms with Gasteiger partial charge in [-0.2, -0.15) is 0 Å². The number of anilines is 1. The van der Waals surface area contributed by atoms with Crippen LogP contribution < -0.4 is 4.90 Å². The molecule has 4 heteroatoms. The van der Waals surface area contributed by atoms with Crippen LogP contribution >= 0.6 is 11.6 Å². The molecule has 0 atom stereocenters. The van der Waals surface area contributed by atoms with Crippen molar-refractivity contribution in [3.8, 4) is 0 Å². The molecule has 82 valence electrons. The molecule has 3 nitrogen and oxygen atoms in total. The maximum absolute atomic E-state index is 5.86. The zero-order valence-corrected chi connectivity index (χ0v) is 9.74. The van der Waals surface area contributed by atoms with Gasteiger partial charge in [0.1, 0.15) is 11.6 Å². The second kappa shape index (κ2) is 4.79. The van der Waals surface area contributed by atoms with E-state index in [1.165, 1.54) is 12.8 Å². The number of rotatable bonds is 2. The van der Waals surface area contributed by atoms with Gasteiger partial charge in [0.25, 0.3) is 0 Å². The van der Waals surface area contributed by atoms with E-state index in [1.54, 1.807) is 0 Å². The van der Waals surface area contributed by atoms with Crippen LogP contribution in [0.3, 0.4) is 0 Å². The monoisotopic (exact) mass is 225 g/mol. The zero-order valence-electron chi connectivity index (χ0n) is 8.99. The lowest BCUT2D eigenvalue weighted by molar-refractivity contribution is 0.440. The largest absolute Gasteiger partial charge is 0.356 e. The fourth-order valence-electron chi connectivity index (χ4n) is 1.94. The molecule has 15 heavy (non-hydrogen) atoms. The SMILES string of the molecule is Cc1nccc(N2CCC(CCl)CC2)n1. The molecular weight excluding hydrogens is 210 g/mol. The molecule has 1 aromatic rings. The Bertz CT molecular complexity index is 321. The summed E-state index contributed by atoms with van der Waals surface area (Å²) in [7, 11) is 0. The molecular formula is C11H16ClN3. The van der Waals surface area contributed by atoms with Crippen molar-refractivity contribution >= 4 is 17.4 Å². The van der Waals surface area contributed by atoms with Crippen molar-refractivity contribution < 1.29 is 0 Å². The van der Waals surface area contributed by atoms with Gasteiger partial charge in [0, 0.05) is 25.2 Å². The predicted molar refractivity (Wildman–Crippen MR) is 62.4 cm³/mol. The molecule has 0 amide bonds. The van der Waals surface area contributed by atoms with E-state index in [0.29, 0.717) is 5.92 Å². The second-order valence-corrected chi connectivity index (χ2v) is 4.36. The van der Waals surface area contributed by atoms with Gasteiger partial charge in [-0.05, 0) is 31.7 Å². The van der Waals surface area contributed by atoms with Crippen molar-refractivity contribution in [3.63, 3.8) is 0 Å². The van der Waals surface area contributed by atoms with Crippen molar-refractivity contribution in [2.75, 3.05) is 23.9 Å². The topological polar surface area (TPSA) is 29.0 Å². The summed E-state index contributed by atoms with van der Waals surface area (Å²) in [5.41, 5.74) is 0. The van der Waals surface area contributed by atoms with E-state index in [2.05, 4.69) is 14.9 Å². The summed E-state index contributed by atoms with van der Waals surface area (Å²) in [6.45, 7) is 4.05. The van der Waals surface area contributed by atoms with Crippen LogP contribution in [0.1, 0.15) is 18.7 Å². The highest BCUT2D eigenvalue weighted by atomic mass is 35.5. The Labute approximate surface area is 95.5 Å². The molecule has 0 aromatic carbocycles. The van der Waals surface area contributed by atoms with E-state index in [0.717, 1.165) is 30.6 Å². The molecule has 0 unspecified atom stereocenters. The van der Waals surface area contributed by atoms with Gasteiger partial charge in [-0.25, -0.2) is 9.97 Å². The Morgan fingerprint density at radius 3 is 2.80 bits per heavy atom. The summed E-state index contributed by atoms with van der Waals surface area (Å²) in [4.78, 5) is 10.9.